The van der Waals surface area contributed by atoms with Crippen LogP contribution in [0.3, 0.4) is 0 Å². The number of benzene rings is 1. The Morgan fingerprint density at radius 3 is 2.52 bits per heavy atom. The maximum Gasteiger partial charge on any atom is 0.124 e. The average molecular weight is 308 g/mol. The molecule has 0 radical (unpaired) electrons. The van der Waals surface area contributed by atoms with Gasteiger partial charge in [0.05, 0.1) is 11.0 Å². The molecule has 0 saturated carbocycles. The summed E-state index contributed by atoms with van der Waals surface area (Å²) in [6.07, 6.45) is 0. The van der Waals surface area contributed by atoms with E-state index in [-0.39, 0.29) is 0 Å². The van der Waals surface area contributed by atoms with Crippen molar-refractivity contribution in [2.75, 3.05) is 12.3 Å². The molecule has 0 saturated heterocycles. The zero-order valence-corrected chi connectivity index (χ0v) is 15.2. The largest absolute Gasteiger partial charge is 0.399 e. The molecular weight excluding hydrogens is 278 g/mol. The second kappa shape index (κ2) is 7.61. The van der Waals surface area contributed by atoms with E-state index in [1.807, 2.05) is 39.0 Å². The van der Waals surface area contributed by atoms with Crippen LogP contribution in [-0.2, 0) is 11.5 Å². The Kier molecular flexibility index (Phi) is 6.42. The van der Waals surface area contributed by atoms with E-state index in [0.717, 1.165) is 29.2 Å². The predicted octanol–water partition coefficient (Wildman–Crippen LogP) is 4.27. The highest BCUT2D eigenvalue weighted by atomic mass is 28.3. The molecule has 1 aromatic heterocycles. The first-order valence-corrected chi connectivity index (χ1v) is 11.4. The highest BCUT2D eigenvalue weighted by Crippen LogP contribution is 2.19. The van der Waals surface area contributed by atoms with Gasteiger partial charge in [0.15, 0.2) is 0 Å². The van der Waals surface area contributed by atoms with Crippen LogP contribution >= 0.6 is 0 Å². The van der Waals surface area contributed by atoms with Crippen LogP contribution in [0.25, 0.3) is 11.0 Å². The third kappa shape index (κ3) is 5.17. The van der Waals surface area contributed by atoms with E-state index in [2.05, 4.69) is 29.2 Å². The number of nitrogens with zero attached hydrogens (tertiary/aromatic N) is 2. The lowest BCUT2D eigenvalue weighted by Gasteiger charge is -2.16. The van der Waals surface area contributed by atoms with Crippen LogP contribution in [0.15, 0.2) is 18.2 Å². The molecule has 4 nitrogen and oxygen atoms in total. The van der Waals surface area contributed by atoms with Crippen molar-refractivity contribution < 1.29 is 4.74 Å². The summed E-state index contributed by atoms with van der Waals surface area (Å²) in [4.78, 5) is 4.51. The highest BCUT2D eigenvalue weighted by Gasteiger charge is 2.13. The lowest BCUT2D eigenvalue weighted by Crippen LogP contribution is -2.22. The second-order valence-electron chi connectivity index (χ2n) is 6.18. The Morgan fingerprint density at radius 1 is 1.24 bits per heavy atom. The van der Waals surface area contributed by atoms with Crippen molar-refractivity contribution in [3.63, 3.8) is 0 Å². The Balaban J connectivity index is 0.00000106. The number of hydrogen-bond acceptors (Lipinski definition) is 3. The van der Waals surface area contributed by atoms with Gasteiger partial charge in [-0.2, -0.15) is 0 Å². The average Bonchev–Trinajstić information content (AvgIpc) is 2.71. The number of rotatable bonds is 5. The lowest BCUT2D eigenvalue weighted by atomic mass is 10.3. The molecular formula is C16H29N3OSi. The summed E-state index contributed by atoms with van der Waals surface area (Å²) in [7, 11) is -1.02. The van der Waals surface area contributed by atoms with Crippen LogP contribution in [0.4, 0.5) is 5.69 Å². The number of imidazole rings is 1. The first-order valence-electron chi connectivity index (χ1n) is 7.67. The van der Waals surface area contributed by atoms with Crippen LogP contribution in [0.5, 0.6) is 0 Å². The summed E-state index contributed by atoms with van der Waals surface area (Å²) in [5.74, 6) is 0.966. The SMILES string of the molecule is CC.Cc1nc2cc(N)ccc2n1COCC[Si](C)(C)C. The molecule has 1 aromatic carbocycles. The quantitative estimate of drug-likeness (QED) is 0.510. The number of fused-ring (bicyclic) bond motifs is 1. The molecule has 0 aliphatic heterocycles. The molecule has 0 aliphatic rings. The topological polar surface area (TPSA) is 53.1 Å². The standard InChI is InChI=1S/C14H23N3OSi.C2H6/c1-11-16-13-9-12(15)5-6-14(13)17(11)10-18-7-8-19(2,3)4;1-2/h5-6,9H,7-8,10,15H2,1-4H3;1-2H3. The van der Waals surface area contributed by atoms with Gasteiger partial charge in [-0.1, -0.05) is 33.5 Å². The minimum absolute atomic E-state index is 0.566. The molecule has 5 heteroatoms. The molecule has 118 valence electrons. The van der Waals surface area contributed by atoms with Gasteiger partial charge >= 0.3 is 0 Å². The van der Waals surface area contributed by atoms with E-state index in [4.69, 9.17) is 10.5 Å². The van der Waals surface area contributed by atoms with Crippen LogP contribution in [0, 0.1) is 6.92 Å². The predicted molar refractivity (Wildman–Crippen MR) is 94.3 cm³/mol. The fourth-order valence-electron chi connectivity index (χ4n) is 1.96. The minimum atomic E-state index is -1.02. The Morgan fingerprint density at radius 2 is 1.90 bits per heavy atom. The van der Waals surface area contributed by atoms with E-state index in [9.17, 15) is 0 Å². The number of aromatic nitrogens is 2. The minimum Gasteiger partial charge on any atom is -0.399 e. The van der Waals surface area contributed by atoms with Crippen LogP contribution < -0.4 is 5.73 Å². The van der Waals surface area contributed by atoms with Crippen LogP contribution in [0.1, 0.15) is 19.7 Å². The van der Waals surface area contributed by atoms with Crippen molar-refractivity contribution in [1.29, 1.82) is 0 Å². The molecule has 0 aliphatic carbocycles. The van der Waals surface area contributed by atoms with E-state index >= 15 is 0 Å². The van der Waals surface area contributed by atoms with Gasteiger partial charge < -0.3 is 15.0 Å². The Hall–Kier alpha value is -1.33. The number of ether oxygens (including phenoxy) is 1. The number of nitrogen functional groups attached to an aromatic ring is 1. The van der Waals surface area contributed by atoms with E-state index in [1.54, 1.807) is 0 Å². The summed E-state index contributed by atoms with van der Waals surface area (Å²) < 4.78 is 7.90. The first kappa shape index (κ1) is 17.7. The third-order valence-corrected chi connectivity index (χ3v) is 4.88. The van der Waals surface area contributed by atoms with Crippen molar-refractivity contribution in [1.82, 2.24) is 9.55 Å². The molecule has 2 N–H and O–H groups in total. The molecule has 21 heavy (non-hydrogen) atoms. The van der Waals surface area contributed by atoms with Crippen molar-refractivity contribution in [3.05, 3.63) is 24.0 Å². The summed E-state index contributed by atoms with van der Waals surface area (Å²) in [6.45, 7) is 14.5. The molecule has 0 amide bonds. The summed E-state index contributed by atoms with van der Waals surface area (Å²) in [5, 5.41) is 0. The Bertz CT molecular complexity index is 573. The molecule has 0 atom stereocenters. The molecule has 0 fully saturated rings. The number of anilines is 1. The lowest BCUT2D eigenvalue weighted by molar-refractivity contribution is 0.0885. The summed E-state index contributed by atoms with van der Waals surface area (Å²) in [6, 6.07) is 7.00. The second-order valence-corrected chi connectivity index (χ2v) is 11.8. The Labute approximate surface area is 129 Å². The van der Waals surface area contributed by atoms with Gasteiger partial charge in [-0.05, 0) is 31.2 Å². The summed E-state index contributed by atoms with van der Waals surface area (Å²) in [5.41, 5.74) is 8.54. The smallest absolute Gasteiger partial charge is 0.124 e. The van der Waals surface area contributed by atoms with E-state index < -0.39 is 8.07 Å². The summed E-state index contributed by atoms with van der Waals surface area (Å²) >= 11 is 0. The van der Waals surface area contributed by atoms with Crippen LogP contribution in [0.2, 0.25) is 25.7 Å². The normalized spacial score (nSPS) is 11.3. The van der Waals surface area contributed by atoms with Gasteiger partial charge in [0.25, 0.3) is 0 Å². The van der Waals surface area contributed by atoms with Gasteiger partial charge in [0.1, 0.15) is 12.6 Å². The highest BCUT2D eigenvalue weighted by molar-refractivity contribution is 6.76. The zero-order chi connectivity index (χ0) is 16.0. The van der Waals surface area contributed by atoms with E-state index in [0.29, 0.717) is 6.73 Å². The molecule has 0 spiro atoms. The third-order valence-electron chi connectivity index (χ3n) is 3.18. The van der Waals surface area contributed by atoms with Crippen molar-refractivity contribution in [2.45, 2.75) is 53.2 Å². The molecule has 2 aromatic rings. The maximum atomic E-state index is 5.80. The van der Waals surface area contributed by atoms with Crippen molar-refractivity contribution in [3.8, 4) is 0 Å². The number of nitrogens with two attached hydrogens (primary N) is 1. The molecule has 2 rings (SSSR count). The van der Waals surface area contributed by atoms with Gasteiger partial charge in [-0.3, -0.25) is 0 Å². The van der Waals surface area contributed by atoms with Gasteiger partial charge in [0.2, 0.25) is 0 Å². The molecule has 0 unspecified atom stereocenters. The van der Waals surface area contributed by atoms with Crippen molar-refractivity contribution >= 4 is 24.8 Å². The van der Waals surface area contributed by atoms with E-state index in [1.165, 1.54) is 6.04 Å². The van der Waals surface area contributed by atoms with Gasteiger partial charge in [-0.25, -0.2) is 4.98 Å². The van der Waals surface area contributed by atoms with Gasteiger partial charge in [0, 0.05) is 20.4 Å². The maximum absolute atomic E-state index is 5.80. The van der Waals surface area contributed by atoms with Crippen molar-refractivity contribution in [2.24, 2.45) is 0 Å². The number of aryl methyl sites for hydroxylation is 1. The zero-order valence-electron chi connectivity index (χ0n) is 14.2. The van der Waals surface area contributed by atoms with Crippen LogP contribution in [-0.4, -0.2) is 24.2 Å². The molecule has 1 heterocycles. The first-order chi connectivity index (χ1) is 9.87. The number of hydrogen-bond donors (Lipinski definition) is 1. The fourth-order valence-corrected chi connectivity index (χ4v) is 2.72. The fraction of sp³-hybridized carbons (Fsp3) is 0.562. The monoisotopic (exact) mass is 307 g/mol. The van der Waals surface area contributed by atoms with Gasteiger partial charge in [-0.15, -0.1) is 0 Å². The molecule has 0 bridgehead atoms.